The third-order valence-corrected chi connectivity index (χ3v) is 3.79. The van der Waals surface area contributed by atoms with Crippen LogP contribution in [0.2, 0.25) is 0 Å². The minimum atomic E-state index is -0.480. The van der Waals surface area contributed by atoms with Crippen LogP contribution in [0.5, 0.6) is 0 Å². The van der Waals surface area contributed by atoms with Crippen LogP contribution in [-0.2, 0) is 11.3 Å². The number of nitrogens with zero attached hydrogens (tertiary/aromatic N) is 3. The summed E-state index contributed by atoms with van der Waals surface area (Å²) in [4.78, 5) is 20.6. The normalized spacial score (nSPS) is 11.9. The average Bonchev–Trinajstić information content (AvgIpc) is 3.02. The third kappa shape index (κ3) is 3.65. The first-order valence-electron chi connectivity index (χ1n) is 7.60. The smallest absolute Gasteiger partial charge is 0.233 e. The lowest BCUT2D eigenvalue weighted by molar-refractivity contribution is -0.117. The Morgan fingerprint density at radius 3 is 2.79 bits per heavy atom. The van der Waals surface area contributed by atoms with E-state index in [2.05, 4.69) is 15.3 Å². The molecule has 1 atom stereocenters. The Morgan fingerprint density at radius 1 is 1.25 bits per heavy atom. The van der Waals surface area contributed by atoms with Crippen LogP contribution in [0.4, 0.5) is 10.3 Å². The molecule has 1 amide bonds. The van der Waals surface area contributed by atoms with Gasteiger partial charge in [-0.2, -0.15) is 0 Å². The van der Waals surface area contributed by atoms with Crippen molar-refractivity contribution in [2.24, 2.45) is 0 Å². The molecule has 0 radical (unpaired) electrons. The fourth-order valence-electron chi connectivity index (χ4n) is 2.39. The van der Waals surface area contributed by atoms with Crippen LogP contribution < -0.4 is 5.32 Å². The Bertz CT molecular complexity index is 832. The number of rotatable bonds is 5. The predicted molar refractivity (Wildman–Crippen MR) is 89.0 cm³/mol. The highest BCUT2D eigenvalue weighted by Gasteiger charge is 2.17. The second-order valence-electron chi connectivity index (χ2n) is 5.50. The maximum absolute atomic E-state index is 13.3. The summed E-state index contributed by atoms with van der Waals surface area (Å²) in [5.74, 6) is -0.610. The van der Waals surface area contributed by atoms with Crippen LogP contribution in [0.3, 0.4) is 0 Å². The molecular formula is C18H17FN4O. The van der Waals surface area contributed by atoms with Gasteiger partial charge in [-0.1, -0.05) is 12.1 Å². The number of anilines is 1. The first-order valence-corrected chi connectivity index (χ1v) is 7.60. The largest absolute Gasteiger partial charge is 0.313 e. The molecule has 5 nitrogen and oxygen atoms in total. The summed E-state index contributed by atoms with van der Waals surface area (Å²) in [6.07, 6.45) is 6.86. The molecule has 3 rings (SSSR count). The van der Waals surface area contributed by atoms with Gasteiger partial charge in [-0.15, -0.1) is 0 Å². The molecule has 0 aliphatic rings. The highest BCUT2D eigenvalue weighted by atomic mass is 19.1. The van der Waals surface area contributed by atoms with E-state index in [-0.39, 0.29) is 11.7 Å². The minimum absolute atomic E-state index is 0.234. The molecule has 0 saturated carbocycles. The highest BCUT2D eigenvalue weighted by Crippen LogP contribution is 2.18. The molecule has 2 heterocycles. The number of nitrogens with one attached hydrogen (secondary N) is 1. The van der Waals surface area contributed by atoms with E-state index in [1.165, 1.54) is 12.1 Å². The molecule has 0 aliphatic carbocycles. The second-order valence-corrected chi connectivity index (χ2v) is 5.50. The number of benzene rings is 1. The molecule has 0 aliphatic heterocycles. The van der Waals surface area contributed by atoms with Crippen LogP contribution in [0.1, 0.15) is 24.0 Å². The van der Waals surface area contributed by atoms with E-state index in [1.54, 1.807) is 43.8 Å². The van der Waals surface area contributed by atoms with Gasteiger partial charge in [0, 0.05) is 24.8 Å². The van der Waals surface area contributed by atoms with Crippen molar-refractivity contribution in [3.8, 4) is 0 Å². The van der Waals surface area contributed by atoms with Gasteiger partial charge in [0.25, 0.3) is 0 Å². The van der Waals surface area contributed by atoms with Crippen molar-refractivity contribution in [1.29, 1.82) is 0 Å². The predicted octanol–water partition coefficient (Wildman–Crippen LogP) is 3.21. The zero-order valence-corrected chi connectivity index (χ0v) is 13.2. The topological polar surface area (TPSA) is 59.8 Å². The molecule has 2 aromatic heterocycles. The van der Waals surface area contributed by atoms with Gasteiger partial charge in [0.1, 0.15) is 5.82 Å². The Balaban J connectivity index is 1.72. The van der Waals surface area contributed by atoms with Crippen LogP contribution in [0.25, 0.3) is 0 Å². The summed E-state index contributed by atoms with van der Waals surface area (Å²) >= 11 is 0. The lowest BCUT2D eigenvalue weighted by atomic mass is 10.0. The van der Waals surface area contributed by atoms with Crippen LogP contribution in [0.15, 0.2) is 61.2 Å². The van der Waals surface area contributed by atoms with Gasteiger partial charge in [0.05, 0.1) is 12.5 Å². The van der Waals surface area contributed by atoms with Gasteiger partial charge in [-0.05, 0) is 42.3 Å². The molecule has 1 unspecified atom stereocenters. The van der Waals surface area contributed by atoms with Crippen molar-refractivity contribution in [2.75, 3.05) is 5.32 Å². The van der Waals surface area contributed by atoms with E-state index >= 15 is 0 Å². The van der Waals surface area contributed by atoms with Gasteiger partial charge >= 0.3 is 0 Å². The molecule has 0 spiro atoms. The van der Waals surface area contributed by atoms with Crippen molar-refractivity contribution in [3.05, 3.63) is 78.1 Å². The molecular weight excluding hydrogens is 307 g/mol. The van der Waals surface area contributed by atoms with Crippen LogP contribution in [0, 0.1) is 5.82 Å². The molecule has 0 fully saturated rings. The van der Waals surface area contributed by atoms with E-state index in [0.29, 0.717) is 18.1 Å². The summed E-state index contributed by atoms with van der Waals surface area (Å²) in [5, 5.41) is 2.80. The first kappa shape index (κ1) is 15.9. The van der Waals surface area contributed by atoms with Crippen LogP contribution >= 0.6 is 0 Å². The van der Waals surface area contributed by atoms with E-state index in [0.717, 1.165) is 5.56 Å². The van der Waals surface area contributed by atoms with Gasteiger partial charge in [0.15, 0.2) is 0 Å². The van der Waals surface area contributed by atoms with Gasteiger partial charge in [0.2, 0.25) is 11.9 Å². The molecule has 1 aromatic carbocycles. The SMILES string of the molecule is CC(C(=O)Nc1nccn1Cc1ccncc1)c1cccc(F)c1. The summed E-state index contributed by atoms with van der Waals surface area (Å²) in [7, 11) is 0. The number of pyridine rings is 1. The number of aromatic nitrogens is 3. The molecule has 1 N–H and O–H groups in total. The summed E-state index contributed by atoms with van der Waals surface area (Å²) < 4.78 is 15.2. The second kappa shape index (κ2) is 7.04. The van der Waals surface area contributed by atoms with Crippen molar-refractivity contribution in [1.82, 2.24) is 14.5 Å². The zero-order valence-electron chi connectivity index (χ0n) is 13.2. The molecule has 122 valence electrons. The van der Waals surface area contributed by atoms with Crippen molar-refractivity contribution in [2.45, 2.75) is 19.4 Å². The minimum Gasteiger partial charge on any atom is -0.313 e. The van der Waals surface area contributed by atoms with E-state index < -0.39 is 5.92 Å². The lowest BCUT2D eigenvalue weighted by Gasteiger charge is -2.13. The summed E-state index contributed by atoms with van der Waals surface area (Å²) in [6, 6.07) is 9.86. The highest BCUT2D eigenvalue weighted by molar-refractivity contribution is 5.94. The zero-order chi connectivity index (χ0) is 16.9. The van der Waals surface area contributed by atoms with Crippen molar-refractivity contribution < 1.29 is 9.18 Å². The van der Waals surface area contributed by atoms with Gasteiger partial charge in [-0.25, -0.2) is 9.37 Å². The summed E-state index contributed by atoms with van der Waals surface area (Å²) in [5.41, 5.74) is 1.68. The van der Waals surface area contributed by atoms with Crippen molar-refractivity contribution in [3.63, 3.8) is 0 Å². The van der Waals surface area contributed by atoms with E-state index in [9.17, 15) is 9.18 Å². The van der Waals surface area contributed by atoms with Gasteiger partial charge in [-0.3, -0.25) is 15.1 Å². The van der Waals surface area contributed by atoms with E-state index in [1.807, 2.05) is 16.7 Å². The third-order valence-electron chi connectivity index (χ3n) is 3.79. The monoisotopic (exact) mass is 324 g/mol. The molecule has 24 heavy (non-hydrogen) atoms. The Morgan fingerprint density at radius 2 is 2.04 bits per heavy atom. The number of hydrogen-bond donors (Lipinski definition) is 1. The Kier molecular flexibility index (Phi) is 4.65. The maximum atomic E-state index is 13.3. The fraction of sp³-hybridized carbons (Fsp3) is 0.167. The van der Waals surface area contributed by atoms with Crippen molar-refractivity contribution >= 4 is 11.9 Å². The first-order chi connectivity index (χ1) is 11.6. The Hall–Kier alpha value is -3.02. The number of halogens is 1. The number of carbonyl (C=O) groups is 1. The average molecular weight is 324 g/mol. The Labute approximate surface area is 139 Å². The number of amides is 1. The van der Waals surface area contributed by atoms with Crippen LogP contribution in [-0.4, -0.2) is 20.4 Å². The number of hydrogen-bond acceptors (Lipinski definition) is 3. The van der Waals surface area contributed by atoms with Gasteiger partial charge < -0.3 is 4.57 Å². The fourth-order valence-corrected chi connectivity index (χ4v) is 2.39. The number of carbonyl (C=O) groups excluding carboxylic acids is 1. The standard InChI is InChI=1S/C18H17FN4O/c1-13(15-3-2-4-16(19)11-15)17(24)22-18-21-9-10-23(18)12-14-5-7-20-8-6-14/h2-11,13H,12H2,1H3,(H,21,22,24). The van der Waals surface area contributed by atoms with E-state index in [4.69, 9.17) is 0 Å². The molecule has 3 aromatic rings. The maximum Gasteiger partial charge on any atom is 0.233 e. The molecule has 0 bridgehead atoms. The lowest BCUT2D eigenvalue weighted by Crippen LogP contribution is -2.21. The molecule has 6 heteroatoms. The number of imidazole rings is 1. The quantitative estimate of drug-likeness (QED) is 0.784. The summed E-state index contributed by atoms with van der Waals surface area (Å²) in [6.45, 7) is 2.31. The molecule has 0 saturated heterocycles.